The van der Waals surface area contributed by atoms with Gasteiger partial charge in [0.1, 0.15) is 33.9 Å². The maximum absolute atomic E-state index is 6.57. The standard InChI is InChI=1S/C64H80N4O2S6/c1-5-7-9-11-13-15-17-19-21-23-25-27-29-31-37-69-48-40-47(41-49(43-48)70-38-32-30-28-26-24-22-20-18-16-14-12-10-8-6-2)42-50-51-39-46(4)72-63(51)64-52(50)44-56(74-64)53-35-36-55(73-53)58-61-59(65-75-67-61)57(54-34-33-45(3)71-54)60-62(58)68-76-66-60/h33-36,39-44H,3-32,37-38H2,1-2H3/b50-42-,56-53+,57-54-,58-55+. The summed E-state index contributed by atoms with van der Waals surface area (Å²) in [4.78, 5) is 0. The van der Waals surface area contributed by atoms with Crippen molar-refractivity contribution < 1.29 is 9.47 Å². The second kappa shape index (κ2) is 29.8. The number of thiophene rings is 4. The number of nitrogens with zero attached hydrogens (tertiary/aromatic N) is 4. The lowest BCUT2D eigenvalue weighted by Gasteiger charge is -2.12. The molecule has 6 nitrogen and oxygen atoms in total. The van der Waals surface area contributed by atoms with Crippen LogP contribution in [0.3, 0.4) is 0 Å². The predicted molar refractivity (Wildman–Crippen MR) is 332 cm³/mol. The lowest BCUT2D eigenvalue weighted by atomic mass is 10.0. The van der Waals surface area contributed by atoms with Gasteiger partial charge in [-0.3, -0.25) is 0 Å². The normalized spacial score (nSPS) is 14.5. The molecule has 0 N–H and O–H groups in total. The zero-order valence-corrected chi connectivity index (χ0v) is 50.4. The van der Waals surface area contributed by atoms with Crippen LogP contribution in [0, 0.1) is 37.6 Å². The van der Waals surface area contributed by atoms with Crippen LogP contribution in [0.2, 0.25) is 0 Å². The molecule has 0 fully saturated rings. The van der Waals surface area contributed by atoms with Gasteiger partial charge in [-0.05, 0) is 78.6 Å². The molecule has 0 unspecified atom stereocenters. The van der Waals surface area contributed by atoms with Crippen LogP contribution in [0.5, 0.6) is 11.5 Å². The molecule has 0 saturated carbocycles. The Balaban J connectivity index is 0.900. The van der Waals surface area contributed by atoms with Crippen molar-refractivity contribution in [3.8, 4) is 11.5 Å². The minimum Gasteiger partial charge on any atom is -0.493 e. The molecule has 6 heterocycles. The molecule has 12 heteroatoms. The van der Waals surface area contributed by atoms with Gasteiger partial charge in [-0.1, -0.05) is 194 Å². The van der Waals surface area contributed by atoms with E-state index in [4.69, 9.17) is 26.9 Å². The highest BCUT2D eigenvalue weighted by Gasteiger charge is 2.22. The van der Waals surface area contributed by atoms with Crippen molar-refractivity contribution in [1.29, 1.82) is 0 Å². The summed E-state index contributed by atoms with van der Waals surface area (Å²) in [5, 5.41) is 2.02. The largest absolute Gasteiger partial charge is 0.493 e. The molecule has 1 aliphatic heterocycles. The van der Waals surface area contributed by atoms with Crippen molar-refractivity contribution in [3.05, 3.63) is 118 Å². The first-order valence-electron chi connectivity index (χ1n) is 29.2. The molecule has 0 radical (unpaired) electrons. The van der Waals surface area contributed by atoms with Gasteiger partial charge in [-0.15, -0.1) is 45.3 Å². The Morgan fingerprint density at radius 2 is 0.882 bits per heavy atom. The quantitative estimate of drug-likeness (QED) is 0.0384. The van der Waals surface area contributed by atoms with Crippen LogP contribution in [0.4, 0.5) is 11.4 Å². The number of hydrogen-bond acceptors (Lipinski definition) is 11. The number of fused-ring (bicyclic) bond motifs is 4. The third kappa shape index (κ3) is 15.2. The highest BCUT2D eigenvalue weighted by molar-refractivity contribution is 7.58. The van der Waals surface area contributed by atoms with E-state index in [-0.39, 0.29) is 0 Å². The van der Waals surface area contributed by atoms with Crippen LogP contribution in [0.25, 0.3) is 35.8 Å². The molecule has 9 rings (SSSR count). The Morgan fingerprint density at radius 3 is 1.38 bits per heavy atom. The smallest absolute Gasteiger partial charge is 0.123 e. The molecule has 2 aliphatic rings. The molecule has 76 heavy (non-hydrogen) atoms. The topological polar surface area (TPSA) is 69.0 Å². The first-order valence-corrected chi connectivity index (χ1v) is 33.9. The van der Waals surface area contributed by atoms with Crippen LogP contribution in [0.1, 0.15) is 210 Å². The Kier molecular flexibility index (Phi) is 22.2. The summed E-state index contributed by atoms with van der Waals surface area (Å²) in [6.07, 6.45) is 40.1. The van der Waals surface area contributed by atoms with E-state index in [9.17, 15) is 0 Å². The van der Waals surface area contributed by atoms with Gasteiger partial charge in [0.05, 0.1) is 45.4 Å². The molecule has 0 bridgehead atoms. The predicted octanol–water partition coefficient (Wildman–Crippen LogP) is 20.3. The van der Waals surface area contributed by atoms with Gasteiger partial charge >= 0.3 is 0 Å². The summed E-state index contributed by atoms with van der Waals surface area (Å²) in [6.45, 7) is 14.6. The van der Waals surface area contributed by atoms with Gasteiger partial charge in [0.15, 0.2) is 0 Å². The van der Waals surface area contributed by atoms with E-state index in [1.54, 1.807) is 34.0 Å². The maximum Gasteiger partial charge on any atom is 0.123 e. The number of unbranched alkanes of at least 4 members (excludes halogenated alkanes) is 26. The van der Waals surface area contributed by atoms with Crippen molar-refractivity contribution in [2.75, 3.05) is 13.2 Å². The van der Waals surface area contributed by atoms with E-state index in [1.165, 1.54) is 225 Å². The van der Waals surface area contributed by atoms with Gasteiger partial charge < -0.3 is 9.47 Å². The van der Waals surface area contributed by atoms with Crippen LogP contribution < -0.4 is 18.5 Å². The SMILES string of the molecule is C=c1cc2c(s1)=c1s/c(=c3\cc/c(=c4\c5c(/c(=c6/ccc(=C)s6)c6nsnc46)N=S=N5)s3)cc1/C2=C\c1cc(OCCCCCCCCCCCCCCCC)cc(OCCCCCCCCCCCCCCCC)c1. The van der Waals surface area contributed by atoms with Crippen molar-refractivity contribution in [1.82, 2.24) is 8.75 Å². The fourth-order valence-electron chi connectivity index (χ4n) is 10.8. The number of hydrogen-bond donors (Lipinski definition) is 0. The Labute approximate surface area is 475 Å². The molecule has 404 valence electrons. The van der Waals surface area contributed by atoms with Gasteiger partial charge in [-0.2, -0.15) is 17.5 Å². The molecule has 0 amide bonds. The van der Waals surface area contributed by atoms with Crippen molar-refractivity contribution in [2.45, 2.75) is 194 Å². The summed E-state index contributed by atoms with van der Waals surface area (Å²) in [6, 6.07) is 19.9. The molecule has 2 aromatic carbocycles. The fraction of sp³-hybridized carbons (Fsp3) is 0.500. The Bertz CT molecular complexity index is 3570. The molecule has 1 aliphatic carbocycles. The summed E-state index contributed by atoms with van der Waals surface area (Å²) in [7, 11) is 0. The number of rotatable bonds is 33. The van der Waals surface area contributed by atoms with E-state index in [1.807, 2.05) is 11.3 Å². The highest BCUT2D eigenvalue weighted by atomic mass is 32.1. The zero-order chi connectivity index (χ0) is 52.3. The lowest BCUT2D eigenvalue weighted by molar-refractivity contribution is 0.289. The van der Waals surface area contributed by atoms with Crippen LogP contribution in [0.15, 0.2) is 63.3 Å². The van der Waals surface area contributed by atoms with E-state index in [0.29, 0.717) is 0 Å². The van der Waals surface area contributed by atoms with Gasteiger partial charge in [-0.25, -0.2) is 0 Å². The zero-order valence-electron chi connectivity index (χ0n) is 45.5. The third-order valence-corrected chi connectivity index (χ3v) is 20.6. The molecule has 7 aromatic rings. The van der Waals surface area contributed by atoms with Gasteiger partial charge in [0.2, 0.25) is 0 Å². The monoisotopic (exact) mass is 1130 g/mol. The Morgan fingerprint density at radius 1 is 0.434 bits per heavy atom. The van der Waals surface area contributed by atoms with Crippen molar-refractivity contribution in [3.63, 3.8) is 0 Å². The highest BCUT2D eigenvalue weighted by Crippen LogP contribution is 2.42. The first-order chi connectivity index (χ1) is 37.5. The Hall–Kier alpha value is -4.04. The van der Waals surface area contributed by atoms with E-state index < -0.39 is 0 Å². The first kappa shape index (κ1) is 56.7. The van der Waals surface area contributed by atoms with Crippen molar-refractivity contribution >= 4 is 116 Å². The number of aromatic nitrogens is 2. The lowest BCUT2D eigenvalue weighted by Crippen LogP contribution is -2.01. The number of benzene rings is 2. The van der Waals surface area contributed by atoms with Crippen LogP contribution in [-0.4, -0.2) is 22.0 Å². The molecular formula is C64H80N4O2S6. The number of ether oxygens (including phenoxy) is 2. The fourth-order valence-corrected chi connectivity index (χ4v) is 16.2. The maximum atomic E-state index is 6.57. The minimum atomic E-state index is 0.724. The minimum absolute atomic E-state index is 0.724. The molecule has 0 spiro atoms. The average molecular weight is 1130 g/mol. The molecule has 0 saturated heterocycles. The summed E-state index contributed by atoms with van der Waals surface area (Å²) in [5.74, 6) is 1.78. The third-order valence-electron chi connectivity index (χ3n) is 15.0. The van der Waals surface area contributed by atoms with Gasteiger partial charge in [0, 0.05) is 54.8 Å². The second-order valence-corrected chi connectivity index (χ2v) is 26.6. The summed E-state index contributed by atoms with van der Waals surface area (Å²) >= 11 is 9.61. The molecule has 5 aromatic heterocycles. The molecule has 0 atom stereocenters. The van der Waals surface area contributed by atoms with E-state index in [2.05, 4.69) is 87.7 Å². The van der Waals surface area contributed by atoms with E-state index in [0.717, 1.165) is 94.1 Å². The second-order valence-electron chi connectivity index (χ2n) is 21.1. The van der Waals surface area contributed by atoms with E-state index >= 15 is 0 Å². The van der Waals surface area contributed by atoms with Crippen LogP contribution in [-0.2, 0) is 11.4 Å². The average Bonchev–Trinajstić information content (AvgIpc) is 4.33. The van der Waals surface area contributed by atoms with Gasteiger partial charge in [0.25, 0.3) is 0 Å². The molecular weight excluding hydrogens is 1050 g/mol. The van der Waals surface area contributed by atoms with Crippen LogP contribution >= 0.6 is 57.1 Å². The summed E-state index contributed by atoms with van der Waals surface area (Å²) < 4.78 is 41.9. The summed E-state index contributed by atoms with van der Waals surface area (Å²) in [5.41, 5.74) is 8.40. The van der Waals surface area contributed by atoms with Crippen molar-refractivity contribution in [2.24, 2.45) is 8.73 Å².